The van der Waals surface area contributed by atoms with Crippen molar-refractivity contribution in [3.63, 3.8) is 0 Å². The molecule has 0 aliphatic carbocycles. The molecule has 12 heteroatoms. The molecule has 3 heterocycles. The van der Waals surface area contributed by atoms with Crippen LogP contribution >= 0.6 is 0 Å². The summed E-state index contributed by atoms with van der Waals surface area (Å²) in [6, 6.07) is 6.78. The number of hydrogen-bond acceptors (Lipinski definition) is 7. The molecular formula is C21H21F3N6O3. The average Bonchev–Trinajstić information content (AvgIpc) is 3.47. The van der Waals surface area contributed by atoms with Crippen LogP contribution in [0.25, 0.3) is 5.76 Å². The van der Waals surface area contributed by atoms with Crippen molar-refractivity contribution in [3.05, 3.63) is 54.0 Å². The van der Waals surface area contributed by atoms with Crippen LogP contribution < -0.4 is 15.4 Å². The number of alkyl halides is 3. The van der Waals surface area contributed by atoms with Crippen molar-refractivity contribution in [3.8, 4) is 11.9 Å². The minimum atomic E-state index is -4.81. The highest BCUT2D eigenvalue weighted by Gasteiger charge is 2.36. The summed E-state index contributed by atoms with van der Waals surface area (Å²) in [4.78, 5) is 14.3. The Labute approximate surface area is 187 Å². The summed E-state index contributed by atoms with van der Waals surface area (Å²) in [5, 5.41) is 19.4. The van der Waals surface area contributed by atoms with Gasteiger partial charge in [0.05, 0.1) is 18.3 Å². The van der Waals surface area contributed by atoms with Crippen molar-refractivity contribution < 1.29 is 27.4 Å². The van der Waals surface area contributed by atoms with Crippen LogP contribution in [-0.4, -0.2) is 51.8 Å². The predicted octanol–water partition coefficient (Wildman–Crippen LogP) is 2.07. The van der Waals surface area contributed by atoms with Crippen LogP contribution in [-0.2, 0) is 16.1 Å². The highest BCUT2D eigenvalue weighted by Crippen LogP contribution is 2.28. The third-order valence-corrected chi connectivity index (χ3v) is 5.26. The fraction of sp³-hybridized carbons (Fsp3) is 0.381. The van der Waals surface area contributed by atoms with E-state index in [9.17, 15) is 23.2 Å². The van der Waals surface area contributed by atoms with Gasteiger partial charge < -0.3 is 25.0 Å². The summed E-state index contributed by atoms with van der Waals surface area (Å²) >= 11 is 0. The van der Waals surface area contributed by atoms with E-state index in [1.165, 1.54) is 24.4 Å². The molecule has 9 nitrogen and oxygen atoms in total. The number of amides is 1. The maximum atomic E-state index is 12.7. The third-order valence-electron chi connectivity index (χ3n) is 5.26. The Hall–Kier alpha value is -3.88. The van der Waals surface area contributed by atoms with E-state index in [4.69, 9.17) is 4.74 Å². The molecule has 2 aliphatic rings. The second-order valence-electron chi connectivity index (χ2n) is 7.78. The highest BCUT2D eigenvalue weighted by molar-refractivity contribution is 5.83. The Kier molecular flexibility index (Phi) is 6.04. The minimum Gasteiger partial charge on any atom is -0.459 e. The molecule has 2 N–H and O–H groups in total. The van der Waals surface area contributed by atoms with Crippen molar-refractivity contribution in [1.29, 1.82) is 5.26 Å². The van der Waals surface area contributed by atoms with Gasteiger partial charge in [0.15, 0.2) is 6.19 Å². The Morgan fingerprint density at radius 2 is 2.24 bits per heavy atom. The molecule has 174 valence electrons. The molecule has 2 aliphatic heterocycles. The topological polar surface area (TPSA) is 104 Å². The molecule has 33 heavy (non-hydrogen) atoms. The molecular weight excluding hydrogens is 441 g/mol. The van der Waals surface area contributed by atoms with Gasteiger partial charge in [-0.3, -0.25) is 9.48 Å². The summed E-state index contributed by atoms with van der Waals surface area (Å²) < 4.78 is 48.6. The number of carbonyl (C=O) groups excluding carboxylic acids is 1. The van der Waals surface area contributed by atoms with E-state index in [0.717, 1.165) is 5.69 Å². The van der Waals surface area contributed by atoms with Gasteiger partial charge in [0.1, 0.15) is 11.5 Å². The first kappa shape index (κ1) is 22.3. The Morgan fingerprint density at radius 3 is 2.94 bits per heavy atom. The molecule has 1 aromatic carbocycles. The van der Waals surface area contributed by atoms with Gasteiger partial charge in [0.2, 0.25) is 6.23 Å². The molecule has 0 spiro atoms. The second-order valence-corrected chi connectivity index (χ2v) is 7.78. The predicted molar refractivity (Wildman–Crippen MR) is 109 cm³/mol. The summed E-state index contributed by atoms with van der Waals surface area (Å²) in [5.41, 5.74) is 1.20. The number of nitriles is 1. The minimum absolute atomic E-state index is 0.109. The number of carbonyl (C=O) groups is 1. The Morgan fingerprint density at radius 1 is 1.42 bits per heavy atom. The van der Waals surface area contributed by atoms with E-state index < -0.39 is 24.2 Å². The highest BCUT2D eigenvalue weighted by atomic mass is 19.4. The number of halogens is 3. The molecule has 4 rings (SSSR count). The van der Waals surface area contributed by atoms with E-state index in [2.05, 4.69) is 26.7 Å². The zero-order valence-corrected chi connectivity index (χ0v) is 17.5. The number of nitrogens with one attached hydrogen (secondary N) is 2. The van der Waals surface area contributed by atoms with Gasteiger partial charge in [0.25, 0.3) is 5.91 Å². The van der Waals surface area contributed by atoms with E-state index >= 15 is 0 Å². The van der Waals surface area contributed by atoms with Crippen LogP contribution in [0, 0.1) is 18.4 Å². The molecule has 1 aromatic heterocycles. The summed E-state index contributed by atoms with van der Waals surface area (Å²) in [6.07, 6.45) is 0.114. The monoisotopic (exact) mass is 462 g/mol. The average molecular weight is 462 g/mol. The van der Waals surface area contributed by atoms with Gasteiger partial charge in [-0.05, 0) is 31.5 Å². The van der Waals surface area contributed by atoms with Crippen molar-refractivity contribution in [1.82, 2.24) is 25.3 Å². The fourth-order valence-electron chi connectivity index (χ4n) is 3.85. The molecule has 2 aromatic rings. The summed E-state index contributed by atoms with van der Waals surface area (Å²) in [6.45, 7) is 2.76. The van der Waals surface area contributed by atoms with Crippen molar-refractivity contribution in [2.24, 2.45) is 0 Å². The Bertz CT molecular complexity index is 1090. The lowest BCUT2D eigenvalue weighted by Gasteiger charge is -2.17. The van der Waals surface area contributed by atoms with Crippen LogP contribution in [0.1, 0.15) is 17.7 Å². The van der Waals surface area contributed by atoms with E-state index in [1.54, 1.807) is 15.6 Å². The lowest BCUT2D eigenvalue weighted by molar-refractivity contribution is -0.274. The number of aryl methyl sites for hydroxylation is 1. The van der Waals surface area contributed by atoms with E-state index in [-0.39, 0.29) is 17.8 Å². The number of benzene rings is 1. The van der Waals surface area contributed by atoms with Crippen LogP contribution in [0.5, 0.6) is 5.75 Å². The van der Waals surface area contributed by atoms with Crippen LogP contribution in [0.15, 0.2) is 42.7 Å². The maximum absolute atomic E-state index is 12.7. The van der Waals surface area contributed by atoms with Gasteiger partial charge >= 0.3 is 6.36 Å². The van der Waals surface area contributed by atoms with Crippen molar-refractivity contribution in [2.75, 3.05) is 6.54 Å². The fourth-order valence-corrected chi connectivity index (χ4v) is 3.85. The van der Waals surface area contributed by atoms with Crippen LogP contribution in [0.3, 0.4) is 0 Å². The van der Waals surface area contributed by atoms with Gasteiger partial charge in [-0.2, -0.15) is 10.4 Å². The van der Waals surface area contributed by atoms with E-state index in [0.29, 0.717) is 25.1 Å². The van der Waals surface area contributed by atoms with Gasteiger partial charge in [0, 0.05) is 30.5 Å². The summed E-state index contributed by atoms with van der Waals surface area (Å²) in [7, 11) is 0. The first-order valence-electron chi connectivity index (χ1n) is 10.2. The normalized spacial score (nSPS) is 22.2. The van der Waals surface area contributed by atoms with Gasteiger partial charge in [-0.25, -0.2) is 0 Å². The number of likely N-dealkylation sites (tertiary alicyclic amines) is 1. The number of hydrogen-bond donors (Lipinski definition) is 2. The van der Waals surface area contributed by atoms with Gasteiger partial charge in [-0.15, -0.1) is 13.2 Å². The summed E-state index contributed by atoms with van der Waals surface area (Å²) in [5.74, 6) is -0.624. The molecule has 0 saturated carbocycles. The molecule has 0 bridgehead atoms. The first-order valence-corrected chi connectivity index (χ1v) is 10.2. The lowest BCUT2D eigenvalue weighted by Crippen LogP contribution is -2.46. The SMILES string of the molecule is Cc1ccn(C[C@@H]2C[C@@H](NC(=O)C3NC=C(c4cccc(OC(F)(F)F)c4)O3)CN2C#N)n1. The molecule has 1 fully saturated rings. The molecule has 1 saturated heterocycles. The number of nitrogens with zero attached hydrogens (tertiary/aromatic N) is 4. The quantitative estimate of drug-likeness (QED) is 0.634. The molecule has 3 atom stereocenters. The number of rotatable bonds is 6. The number of ether oxygens (including phenoxy) is 2. The van der Waals surface area contributed by atoms with Crippen LogP contribution in [0.2, 0.25) is 0 Å². The molecule has 1 unspecified atom stereocenters. The molecule has 0 radical (unpaired) electrons. The largest absolute Gasteiger partial charge is 0.573 e. The first-order chi connectivity index (χ1) is 15.7. The lowest BCUT2D eigenvalue weighted by atomic mass is 10.1. The Balaban J connectivity index is 1.32. The zero-order chi connectivity index (χ0) is 23.6. The zero-order valence-electron chi connectivity index (χ0n) is 17.5. The van der Waals surface area contributed by atoms with Crippen molar-refractivity contribution >= 4 is 11.7 Å². The maximum Gasteiger partial charge on any atom is 0.573 e. The number of aromatic nitrogens is 2. The van der Waals surface area contributed by atoms with Crippen LogP contribution in [0.4, 0.5) is 13.2 Å². The molecule has 1 amide bonds. The van der Waals surface area contributed by atoms with Crippen molar-refractivity contribution in [2.45, 2.75) is 44.6 Å². The van der Waals surface area contributed by atoms with Gasteiger partial charge in [-0.1, -0.05) is 12.1 Å². The second kappa shape index (κ2) is 8.93. The standard InChI is InChI=1S/C21H21F3N6O3/c1-13-5-6-30(28-13)11-16-8-15(10-29(16)12-25)27-19(31)20-26-9-18(32-20)14-3-2-4-17(7-14)33-21(22,23)24/h2-7,9,15-16,20,26H,8,10-11H2,1H3,(H,27,31)/t15-,16+,20?/m1/s1. The third kappa shape index (κ3) is 5.49. The van der Waals surface area contributed by atoms with E-state index in [1.807, 2.05) is 19.2 Å². The smallest absolute Gasteiger partial charge is 0.459 e.